The molecule has 0 radical (unpaired) electrons. The number of hydrogen-bond acceptors (Lipinski definition) is 2. The van der Waals surface area contributed by atoms with Gasteiger partial charge in [-0.1, -0.05) is 19.3 Å². The third-order valence-corrected chi connectivity index (χ3v) is 4.36. The number of carbonyl (C=O) groups excluding carboxylic acids is 1. The van der Waals surface area contributed by atoms with Crippen LogP contribution in [-0.2, 0) is 4.79 Å². The average molecular weight is 238 g/mol. The standard InChI is InChI=1S/C14H26N2O/c15-13-7-3-6-12(8-13)9-14(17)16-10-11-4-1-2-5-11/h11-13H,1-10,15H2,(H,16,17). The van der Waals surface area contributed by atoms with Crippen molar-refractivity contribution in [2.24, 2.45) is 17.6 Å². The molecule has 2 unspecified atom stereocenters. The first kappa shape index (κ1) is 12.9. The first-order chi connectivity index (χ1) is 8.24. The van der Waals surface area contributed by atoms with E-state index in [0.29, 0.717) is 18.4 Å². The van der Waals surface area contributed by atoms with Gasteiger partial charge in [0.25, 0.3) is 0 Å². The van der Waals surface area contributed by atoms with Crippen molar-refractivity contribution in [1.29, 1.82) is 0 Å². The molecule has 0 bridgehead atoms. The molecule has 1 amide bonds. The van der Waals surface area contributed by atoms with Crippen molar-refractivity contribution in [3.05, 3.63) is 0 Å². The molecule has 0 saturated heterocycles. The fourth-order valence-corrected chi connectivity index (χ4v) is 3.32. The van der Waals surface area contributed by atoms with Crippen LogP contribution in [0, 0.1) is 11.8 Å². The van der Waals surface area contributed by atoms with Gasteiger partial charge in [0.2, 0.25) is 5.91 Å². The summed E-state index contributed by atoms with van der Waals surface area (Å²) in [6.45, 7) is 0.900. The quantitative estimate of drug-likeness (QED) is 0.789. The van der Waals surface area contributed by atoms with Gasteiger partial charge in [0.15, 0.2) is 0 Å². The van der Waals surface area contributed by atoms with Crippen LogP contribution in [0.5, 0.6) is 0 Å². The van der Waals surface area contributed by atoms with Gasteiger partial charge < -0.3 is 11.1 Å². The van der Waals surface area contributed by atoms with E-state index in [2.05, 4.69) is 5.32 Å². The van der Waals surface area contributed by atoms with E-state index in [1.54, 1.807) is 0 Å². The fourth-order valence-electron chi connectivity index (χ4n) is 3.32. The summed E-state index contributed by atoms with van der Waals surface area (Å²) in [5.74, 6) is 1.52. The average Bonchev–Trinajstić information content (AvgIpc) is 2.79. The molecule has 0 aromatic rings. The molecular formula is C14H26N2O. The van der Waals surface area contributed by atoms with Crippen molar-refractivity contribution in [3.63, 3.8) is 0 Å². The number of rotatable bonds is 4. The van der Waals surface area contributed by atoms with Gasteiger partial charge in [0.1, 0.15) is 0 Å². The SMILES string of the molecule is NC1CCCC(CC(=O)NCC2CCCC2)C1. The summed E-state index contributed by atoms with van der Waals surface area (Å²) in [6.07, 6.45) is 10.5. The predicted molar refractivity (Wildman–Crippen MR) is 69.5 cm³/mol. The highest BCUT2D eigenvalue weighted by atomic mass is 16.1. The van der Waals surface area contributed by atoms with Crippen LogP contribution in [-0.4, -0.2) is 18.5 Å². The fraction of sp³-hybridized carbons (Fsp3) is 0.929. The summed E-state index contributed by atoms with van der Waals surface area (Å²) in [5, 5.41) is 3.11. The maximum absolute atomic E-state index is 11.8. The van der Waals surface area contributed by atoms with Gasteiger partial charge in [0, 0.05) is 19.0 Å². The molecule has 0 aromatic carbocycles. The van der Waals surface area contributed by atoms with Gasteiger partial charge >= 0.3 is 0 Å². The second-order valence-corrected chi connectivity index (χ2v) is 5.95. The highest BCUT2D eigenvalue weighted by molar-refractivity contribution is 5.76. The van der Waals surface area contributed by atoms with Crippen LogP contribution in [0.3, 0.4) is 0 Å². The molecule has 0 spiro atoms. The topological polar surface area (TPSA) is 55.1 Å². The molecule has 2 saturated carbocycles. The minimum Gasteiger partial charge on any atom is -0.356 e. The Morgan fingerprint density at radius 1 is 1.06 bits per heavy atom. The Morgan fingerprint density at radius 2 is 1.76 bits per heavy atom. The van der Waals surface area contributed by atoms with Gasteiger partial charge in [-0.3, -0.25) is 4.79 Å². The van der Waals surface area contributed by atoms with Gasteiger partial charge in [-0.2, -0.15) is 0 Å². The Balaban J connectivity index is 1.62. The van der Waals surface area contributed by atoms with Crippen LogP contribution in [0.25, 0.3) is 0 Å². The zero-order valence-corrected chi connectivity index (χ0v) is 10.8. The van der Waals surface area contributed by atoms with Crippen molar-refractivity contribution >= 4 is 5.91 Å². The van der Waals surface area contributed by atoms with Crippen LogP contribution in [0.2, 0.25) is 0 Å². The predicted octanol–water partition coefficient (Wildman–Crippen LogP) is 2.20. The van der Waals surface area contributed by atoms with Crippen molar-refractivity contribution in [2.75, 3.05) is 6.54 Å². The lowest BCUT2D eigenvalue weighted by atomic mass is 9.84. The molecule has 3 N–H and O–H groups in total. The molecule has 0 aliphatic heterocycles. The Labute approximate surface area is 105 Å². The lowest BCUT2D eigenvalue weighted by molar-refractivity contribution is -0.122. The molecule has 98 valence electrons. The van der Waals surface area contributed by atoms with Crippen LogP contribution in [0.1, 0.15) is 57.8 Å². The third kappa shape index (κ3) is 4.30. The molecule has 3 heteroatoms. The van der Waals surface area contributed by atoms with E-state index in [0.717, 1.165) is 25.3 Å². The molecule has 17 heavy (non-hydrogen) atoms. The molecule has 0 heterocycles. The van der Waals surface area contributed by atoms with E-state index >= 15 is 0 Å². The molecule has 0 aromatic heterocycles. The minimum atomic E-state index is 0.246. The number of carbonyl (C=O) groups is 1. The van der Waals surface area contributed by atoms with Crippen LogP contribution >= 0.6 is 0 Å². The number of nitrogens with two attached hydrogens (primary N) is 1. The van der Waals surface area contributed by atoms with Gasteiger partial charge in [-0.15, -0.1) is 0 Å². The van der Waals surface area contributed by atoms with Crippen molar-refractivity contribution in [1.82, 2.24) is 5.32 Å². The molecular weight excluding hydrogens is 212 g/mol. The van der Waals surface area contributed by atoms with Gasteiger partial charge in [0.05, 0.1) is 0 Å². The molecule has 2 rings (SSSR count). The second kappa shape index (κ2) is 6.39. The van der Waals surface area contributed by atoms with E-state index in [9.17, 15) is 4.79 Å². The van der Waals surface area contributed by atoms with Crippen molar-refractivity contribution in [2.45, 2.75) is 63.8 Å². The zero-order valence-electron chi connectivity index (χ0n) is 10.8. The smallest absolute Gasteiger partial charge is 0.220 e. The largest absolute Gasteiger partial charge is 0.356 e. The van der Waals surface area contributed by atoms with E-state index in [-0.39, 0.29) is 5.91 Å². The highest BCUT2D eigenvalue weighted by Crippen LogP contribution is 2.26. The Bertz CT molecular complexity index is 249. The molecule has 2 atom stereocenters. The Hall–Kier alpha value is -0.570. The van der Waals surface area contributed by atoms with E-state index in [1.165, 1.54) is 38.5 Å². The van der Waals surface area contributed by atoms with E-state index < -0.39 is 0 Å². The maximum atomic E-state index is 11.8. The zero-order chi connectivity index (χ0) is 12.1. The van der Waals surface area contributed by atoms with Crippen molar-refractivity contribution in [3.8, 4) is 0 Å². The Kier molecular flexibility index (Phi) is 4.84. The summed E-state index contributed by atoms with van der Waals surface area (Å²) in [7, 11) is 0. The number of hydrogen-bond donors (Lipinski definition) is 2. The lowest BCUT2D eigenvalue weighted by Gasteiger charge is -2.26. The molecule has 2 aliphatic carbocycles. The molecule has 2 aliphatic rings. The van der Waals surface area contributed by atoms with Gasteiger partial charge in [-0.05, 0) is 43.9 Å². The van der Waals surface area contributed by atoms with Crippen LogP contribution < -0.4 is 11.1 Å². The monoisotopic (exact) mass is 238 g/mol. The summed E-state index contributed by atoms with van der Waals surface area (Å²) in [4.78, 5) is 11.8. The lowest BCUT2D eigenvalue weighted by Crippen LogP contribution is -2.33. The summed E-state index contributed by atoms with van der Waals surface area (Å²) >= 11 is 0. The second-order valence-electron chi connectivity index (χ2n) is 5.95. The Morgan fingerprint density at radius 3 is 2.47 bits per heavy atom. The summed E-state index contributed by atoms with van der Waals surface area (Å²) in [6, 6.07) is 0.330. The molecule has 2 fully saturated rings. The number of amides is 1. The van der Waals surface area contributed by atoms with Crippen LogP contribution in [0.4, 0.5) is 0 Å². The summed E-state index contributed by atoms with van der Waals surface area (Å²) < 4.78 is 0. The van der Waals surface area contributed by atoms with Gasteiger partial charge in [-0.25, -0.2) is 0 Å². The van der Waals surface area contributed by atoms with E-state index in [4.69, 9.17) is 5.73 Å². The minimum absolute atomic E-state index is 0.246. The first-order valence-electron chi connectivity index (χ1n) is 7.26. The molecule has 3 nitrogen and oxygen atoms in total. The maximum Gasteiger partial charge on any atom is 0.220 e. The number of nitrogens with one attached hydrogen (secondary N) is 1. The first-order valence-corrected chi connectivity index (χ1v) is 7.26. The van der Waals surface area contributed by atoms with Crippen molar-refractivity contribution < 1.29 is 4.79 Å². The highest BCUT2D eigenvalue weighted by Gasteiger charge is 2.22. The third-order valence-electron chi connectivity index (χ3n) is 4.36. The van der Waals surface area contributed by atoms with Crippen LogP contribution in [0.15, 0.2) is 0 Å². The summed E-state index contributed by atoms with van der Waals surface area (Å²) in [5.41, 5.74) is 5.94. The normalized spacial score (nSPS) is 30.4. The van der Waals surface area contributed by atoms with E-state index in [1.807, 2.05) is 0 Å².